The summed E-state index contributed by atoms with van der Waals surface area (Å²) in [6.07, 6.45) is 7.50. The minimum Gasteiger partial charge on any atom is -0.469 e. The molecule has 3 heterocycles. The zero-order chi connectivity index (χ0) is 12.7. The van der Waals surface area contributed by atoms with E-state index >= 15 is 0 Å². The molecule has 0 amide bonds. The van der Waals surface area contributed by atoms with Gasteiger partial charge in [0.1, 0.15) is 11.5 Å². The van der Waals surface area contributed by atoms with E-state index in [1.165, 1.54) is 0 Å². The van der Waals surface area contributed by atoms with E-state index in [-0.39, 0.29) is 5.92 Å². The predicted octanol–water partition coefficient (Wildman–Crippen LogP) is 2.39. The van der Waals surface area contributed by atoms with Crippen LogP contribution in [0.5, 0.6) is 0 Å². The molecule has 0 N–H and O–H groups in total. The fraction of sp³-hybridized carbons (Fsp3) is 0.231. The van der Waals surface area contributed by atoms with Crippen molar-refractivity contribution < 1.29 is 8.94 Å². The molecule has 2 atom stereocenters. The summed E-state index contributed by atoms with van der Waals surface area (Å²) in [4.78, 5) is 12.5. The number of rotatable bonds is 3. The molecule has 19 heavy (non-hydrogen) atoms. The Labute approximate surface area is 108 Å². The van der Waals surface area contributed by atoms with Crippen LogP contribution in [0.3, 0.4) is 0 Å². The third-order valence-electron chi connectivity index (χ3n) is 3.25. The van der Waals surface area contributed by atoms with E-state index < -0.39 is 0 Å². The van der Waals surface area contributed by atoms with E-state index in [4.69, 9.17) is 8.94 Å². The maximum Gasteiger partial charge on any atom is 0.230 e. The van der Waals surface area contributed by atoms with Crippen LogP contribution in [-0.2, 0) is 0 Å². The Kier molecular flexibility index (Phi) is 2.20. The number of hydrogen-bond donors (Lipinski definition) is 0. The van der Waals surface area contributed by atoms with Gasteiger partial charge in [-0.25, -0.2) is 4.98 Å². The third-order valence-corrected chi connectivity index (χ3v) is 3.25. The van der Waals surface area contributed by atoms with Crippen LogP contribution in [-0.4, -0.2) is 20.1 Å². The van der Waals surface area contributed by atoms with Crippen LogP contribution >= 0.6 is 0 Å². The third kappa shape index (κ3) is 1.81. The van der Waals surface area contributed by atoms with Crippen molar-refractivity contribution in [3.8, 4) is 11.5 Å². The molecule has 0 radical (unpaired) electrons. The quantitative estimate of drug-likeness (QED) is 0.714. The molecular formula is C13H10N4O2. The van der Waals surface area contributed by atoms with Crippen molar-refractivity contribution in [2.24, 2.45) is 0 Å². The van der Waals surface area contributed by atoms with E-state index in [1.807, 2.05) is 12.1 Å². The highest BCUT2D eigenvalue weighted by molar-refractivity contribution is 5.45. The lowest BCUT2D eigenvalue weighted by molar-refractivity contribution is 0.376. The average Bonchev–Trinajstić information content (AvgIpc) is 2.93. The minimum atomic E-state index is 0.254. The van der Waals surface area contributed by atoms with Crippen LogP contribution in [0, 0.1) is 0 Å². The molecule has 94 valence electrons. The topological polar surface area (TPSA) is 77.8 Å². The summed E-state index contributed by atoms with van der Waals surface area (Å²) in [7, 11) is 0. The monoisotopic (exact) mass is 254 g/mol. The van der Waals surface area contributed by atoms with Crippen molar-refractivity contribution in [1.82, 2.24) is 20.1 Å². The summed E-state index contributed by atoms with van der Waals surface area (Å²) in [6.45, 7) is 0. The molecule has 3 aromatic rings. The molecule has 0 unspecified atom stereocenters. The highest BCUT2D eigenvalue weighted by Gasteiger charge is 2.45. The number of nitrogens with zero attached hydrogens (tertiary/aromatic N) is 4. The molecule has 6 nitrogen and oxygen atoms in total. The summed E-state index contributed by atoms with van der Waals surface area (Å²) >= 11 is 0. The Morgan fingerprint density at radius 3 is 3.00 bits per heavy atom. The van der Waals surface area contributed by atoms with Crippen LogP contribution in [0.2, 0.25) is 0 Å². The van der Waals surface area contributed by atoms with Crippen LogP contribution in [0.15, 0.2) is 45.9 Å². The van der Waals surface area contributed by atoms with Crippen molar-refractivity contribution in [3.05, 3.63) is 48.6 Å². The maximum atomic E-state index is 5.39. The van der Waals surface area contributed by atoms with Gasteiger partial charge in [0.2, 0.25) is 11.7 Å². The van der Waals surface area contributed by atoms with E-state index in [9.17, 15) is 0 Å². The minimum absolute atomic E-state index is 0.254. The van der Waals surface area contributed by atoms with E-state index in [0.717, 1.165) is 12.2 Å². The normalized spacial score (nSPS) is 21.5. The van der Waals surface area contributed by atoms with Crippen molar-refractivity contribution in [3.63, 3.8) is 0 Å². The van der Waals surface area contributed by atoms with Crippen molar-refractivity contribution in [1.29, 1.82) is 0 Å². The molecule has 0 aromatic carbocycles. The Morgan fingerprint density at radius 2 is 2.21 bits per heavy atom. The first-order chi connectivity index (χ1) is 9.42. The van der Waals surface area contributed by atoms with Gasteiger partial charge in [-0.05, 0) is 18.6 Å². The van der Waals surface area contributed by atoms with E-state index in [0.29, 0.717) is 23.3 Å². The van der Waals surface area contributed by atoms with Gasteiger partial charge in [-0.15, -0.1) is 0 Å². The van der Waals surface area contributed by atoms with Crippen molar-refractivity contribution >= 4 is 0 Å². The molecular weight excluding hydrogens is 244 g/mol. The van der Waals surface area contributed by atoms with Gasteiger partial charge >= 0.3 is 0 Å². The second-order valence-electron chi connectivity index (χ2n) is 4.51. The van der Waals surface area contributed by atoms with Gasteiger partial charge in [0.25, 0.3) is 0 Å². The van der Waals surface area contributed by atoms with Gasteiger partial charge in [-0.3, -0.25) is 4.98 Å². The number of hydrogen-bond acceptors (Lipinski definition) is 6. The predicted molar refractivity (Wildman–Crippen MR) is 64.1 cm³/mol. The molecule has 1 aliphatic carbocycles. The summed E-state index contributed by atoms with van der Waals surface area (Å²) in [5.74, 6) is 2.70. The van der Waals surface area contributed by atoms with Gasteiger partial charge in [0, 0.05) is 24.2 Å². The number of aromatic nitrogens is 4. The molecule has 0 spiro atoms. The van der Waals surface area contributed by atoms with Gasteiger partial charge in [0.15, 0.2) is 0 Å². The summed E-state index contributed by atoms with van der Waals surface area (Å²) < 4.78 is 10.7. The van der Waals surface area contributed by atoms with Gasteiger partial charge in [0.05, 0.1) is 12.5 Å². The first kappa shape index (κ1) is 10.4. The Balaban J connectivity index is 1.57. The zero-order valence-corrected chi connectivity index (χ0v) is 9.93. The van der Waals surface area contributed by atoms with E-state index in [2.05, 4.69) is 20.1 Å². The zero-order valence-electron chi connectivity index (χ0n) is 9.93. The molecule has 3 aromatic heterocycles. The molecule has 6 heteroatoms. The molecule has 0 aliphatic heterocycles. The van der Waals surface area contributed by atoms with E-state index in [1.54, 1.807) is 24.9 Å². The lowest BCUT2D eigenvalue weighted by Crippen LogP contribution is -1.87. The average molecular weight is 254 g/mol. The molecule has 0 bridgehead atoms. The maximum absolute atomic E-state index is 5.39. The van der Waals surface area contributed by atoms with Crippen molar-refractivity contribution in [2.75, 3.05) is 0 Å². The van der Waals surface area contributed by atoms with Gasteiger partial charge in [-0.1, -0.05) is 5.16 Å². The molecule has 1 aliphatic rings. The Hall–Kier alpha value is -2.50. The number of furan rings is 1. The Bertz CT molecular complexity index is 678. The first-order valence-electron chi connectivity index (χ1n) is 6.05. The molecule has 0 saturated heterocycles. The van der Waals surface area contributed by atoms with Gasteiger partial charge in [-0.2, -0.15) is 4.98 Å². The highest BCUT2D eigenvalue weighted by atomic mass is 16.5. The van der Waals surface area contributed by atoms with Crippen LogP contribution in [0.1, 0.15) is 29.9 Å². The lowest BCUT2D eigenvalue weighted by Gasteiger charge is -1.90. The first-order valence-corrected chi connectivity index (χ1v) is 6.05. The largest absolute Gasteiger partial charge is 0.469 e. The summed E-state index contributed by atoms with van der Waals surface area (Å²) in [6, 6.07) is 3.87. The smallest absolute Gasteiger partial charge is 0.230 e. The van der Waals surface area contributed by atoms with Crippen molar-refractivity contribution in [2.45, 2.75) is 18.3 Å². The molecule has 1 fully saturated rings. The molecule has 1 saturated carbocycles. The SMILES string of the molecule is c1coc([C@@H]2C[C@@H]2c2nc(-c3cnccn3)no2)c1. The van der Waals surface area contributed by atoms with Gasteiger partial charge < -0.3 is 8.94 Å². The fourth-order valence-corrected chi connectivity index (χ4v) is 2.19. The van der Waals surface area contributed by atoms with Crippen LogP contribution < -0.4 is 0 Å². The lowest BCUT2D eigenvalue weighted by atomic mass is 10.2. The second kappa shape index (κ2) is 4.01. The van der Waals surface area contributed by atoms with Crippen LogP contribution in [0.25, 0.3) is 11.5 Å². The van der Waals surface area contributed by atoms with Crippen LogP contribution in [0.4, 0.5) is 0 Å². The Morgan fingerprint density at radius 1 is 1.21 bits per heavy atom. The summed E-state index contributed by atoms with van der Waals surface area (Å²) in [5.41, 5.74) is 0.618. The summed E-state index contributed by atoms with van der Waals surface area (Å²) in [5, 5.41) is 3.94. The standard InChI is InChI=1S/C13H10N4O2/c1-2-11(18-5-1)8-6-9(8)13-16-12(17-19-13)10-7-14-3-4-15-10/h1-5,7-9H,6H2/t8-,9+/m1/s1. The fourth-order valence-electron chi connectivity index (χ4n) is 2.19. The second-order valence-corrected chi connectivity index (χ2v) is 4.51. The highest BCUT2D eigenvalue weighted by Crippen LogP contribution is 2.54. The molecule has 4 rings (SSSR count).